The van der Waals surface area contributed by atoms with Gasteiger partial charge >= 0.3 is 0 Å². The van der Waals surface area contributed by atoms with Crippen molar-refractivity contribution in [3.05, 3.63) is 69.7 Å². The van der Waals surface area contributed by atoms with Gasteiger partial charge in [0.1, 0.15) is 11.6 Å². The SMILES string of the molecule is Cc1cc(C(N)Cc2cccc(Cl)c2)c(F)cc1F. The van der Waals surface area contributed by atoms with E-state index in [1.165, 1.54) is 6.07 Å². The van der Waals surface area contributed by atoms with Crippen molar-refractivity contribution >= 4 is 11.6 Å². The van der Waals surface area contributed by atoms with E-state index in [0.29, 0.717) is 22.6 Å². The van der Waals surface area contributed by atoms with Gasteiger partial charge in [0.05, 0.1) is 0 Å². The molecule has 0 fully saturated rings. The summed E-state index contributed by atoms with van der Waals surface area (Å²) in [4.78, 5) is 0. The molecule has 2 aromatic rings. The first-order valence-electron chi connectivity index (χ1n) is 5.93. The summed E-state index contributed by atoms with van der Waals surface area (Å²) >= 11 is 5.89. The fraction of sp³-hybridized carbons (Fsp3) is 0.200. The normalized spacial score (nSPS) is 12.5. The summed E-state index contributed by atoms with van der Waals surface area (Å²) in [5.41, 5.74) is 7.61. The topological polar surface area (TPSA) is 26.0 Å². The number of hydrogen-bond acceptors (Lipinski definition) is 1. The van der Waals surface area contributed by atoms with Crippen molar-refractivity contribution < 1.29 is 8.78 Å². The number of benzene rings is 2. The van der Waals surface area contributed by atoms with Crippen LogP contribution in [0.15, 0.2) is 36.4 Å². The maximum absolute atomic E-state index is 13.7. The molecule has 2 aromatic carbocycles. The second-order valence-corrected chi connectivity index (χ2v) is 5.00. The molecule has 0 bridgehead atoms. The van der Waals surface area contributed by atoms with Crippen molar-refractivity contribution in [3.8, 4) is 0 Å². The Hall–Kier alpha value is -1.45. The van der Waals surface area contributed by atoms with Crippen molar-refractivity contribution in [2.45, 2.75) is 19.4 Å². The Balaban J connectivity index is 2.25. The van der Waals surface area contributed by atoms with Crippen LogP contribution in [0.5, 0.6) is 0 Å². The third kappa shape index (κ3) is 3.31. The van der Waals surface area contributed by atoms with Crippen molar-refractivity contribution in [2.24, 2.45) is 5.73 Å². The minimum absolute atomic E-state index is 0.318. The van der Waals surface area contributed by atoms with Gasteiger partial charge < -0.3 is 5.73 Å². The molecule has 0 aliphatic carbocycles. The van der Waals surface area contributed by atoms with Gasteiger partial charge in [-0.25, -0.2) is 8.78 Å². The summed E-state index contributed by atoms with van der Waals surface area (Å²) < 4.78 is 26.9. The van der Waals surface area contributed by atoms with E-state index in [1.54, 1.807) is 19.1 Å². The molecule has 0 aromatic heterocycles. The van der Waals surface area contributed by atoms with Crippen LogP contribution >= 0.6 is 11.6 Å². The summed E-state index contributed by atoms with van der Waals surface area (Å²) in [6, 6.07) is 9.05. The average molecular weight is 282 g/mol. The Morgan fingerprint density at radius 2 is 1.89 bits per heavy atom. The molecule has 4 heteroatoms. The predicted molar refractivity (Wildman–Crippen MR) is 73.2 cm³/mol. The standard InChI is InChI=1S/C15H14ClF2N/c1-9-5-12(14(18)8-13(9)17)15(19)7-10-3-2-4-11(16)6-10/h2-6,8,15H,7,19H2,1H3. The van der Waals surface area contributed by atoms with Gasteiger partial charge in [0.15, 0.2) is 0 Å². The molecule has 19 heavy (non-hydrogen) atoms. The van der Waals surface area contributed by atoms with Crippen LogP contribution in [0.25, 0.3) is 0 Å². The van der Waals surface area contributed by atoms with Gasteiger partial charge in [-0.2, -0.15) is 0 Å². The van der Waals surface area contributed by atoms with Gasteiger partial charge in [0, 0.05) is 22.7 Å². The Labute approximate surface area is 116 Å². The molecule has 0 spiro atoms. The first kappa shape index (κ1) is 14.0. The Morgan fingerprint density at radius 1 is 1.16 bits per heavy atom. The number of rotatable bonds is 3. The first-order chi connectivity index (χ1) is 8.97. The van der Waals surface area contributed by atoms with E-state index in [9.17, 15) is 8.78 Å². The molecule has 1 nitrogen and oxygen atoms in total. The monoisotopic (exact) mass is 281 g/mol. The fourth-order valence-corrected chi connectivity index (χ4v) is 2.20. The largest absolute Gasteiger partial charge is 0.324 e. The average Bonchev–Trinajstić information content (AvgIpc) is 2.33. The highest BCUT2D eigenvalue weighted by Crippen LogP contribution is 2.23. The van der Waals surface area contributed by atoms with E-state index in [-0.39, 0.29) is 0 Å². The molecule has 0 radical (unpaired) electrons. The maximum Gasteiger partial charge on any atom is 0.130 e. The summed E-state index contributed by atoms with van der Waals surface area (Å²) in [5, 5.41) is 0.612. The first-order valence-corrected chi connectivity index (χ1v) is 6.30. The highest BCUT2D eigenvalue weighted by atomic mass is 35.5. The third-order valence-corrected chi connectivity index (χ3v) is 3.26. The lowest BCUT2D eigenvalue weighted by molar-refractivity contribution is 0.550. The molecule has 100 valence electrons. The van der Waals surface area contributed by atoms with Gasteiger partial charge in [0.25, 0.3) is 0 Å². The van der Waals surface area contributed by atoms with E-state index in [1.807, 2.05) is 12.1 Å². The van der Waals surface area contributed by atoms with E-state index < -0.39 is 17.7 Å². The number of halogens is 3. The molecule has 0 amide bonds. The molecule has 0 aliphatic heterocycles. The summed E-state index contributed by atoms with van der Waals surface area (Å²) in [6.07, 6.45) is 0.447. The predicted octanol–water partition coefficient (Wildman–Crippen LogP) is 4.17. The third-order valence-electron chi connectivity index (χ3n) is 3.02. The lowest BCUT2D eigenvalue weighted by Crippen LogP contribution is -2.15. The smallest absolute Gasteiger partial charge is 0.130 e. The van der Waals surface area contributed by atoms with Gasteiger partial charge in [-0.1, -0.05) is 23.7 Å². The zero-order chi connectivity index (χ0) is 14.0. The maximum atomic E-state index is 13.7. The van der Waals surface area contributed by atoms with Crippen LogP contribution in [0.3, 0.4) is 0 Å². The fourth-order valence-electron chi connectivity index (χ4n) is 1.99. The van der Waals surface area contributed by atoms with Crippen molar-refractivity contribution in [3.63, 3.8) is 0 Å². The van der Waals surface area contributed by atoms with Crippen molar-refractivity contribution in [1.29, 1.82) is 0 Å². The minimum atomic E-state index is -0.613. The molecule has 1 unspecified atom stereocenters. The molecule has 0 saturated heterocycles. The second-order valence-electron chi connectivity index (χ2n) is 4.56. The van der Waals surface area contributed by atoms with Crippen molar-refractivity contribution in [1.82, 2.24) is 0 Å². The van der Waals surface area contributed by atoms with Crippen LogP contribution < -0.4 is 5.73 Å². The minimum Gasteiger partial charge on any atom is -0.324 e. The van der Waals surface area contributed by atoms with Crippen molar-refractivity contribution in [2.75, 3.05) is 0 Å². The van der Waals surface area contributed by atoms with Crippen LogP contribution in [0.1, 0.15) is 22.7 Å². The second kappa shape index (κ2) is 5.68. The van der Waals surface area contributed by atoms with E-state index in [0.717, 1.165) is 11.6 Å². The van der Waals surface area contributed by atoms with E-state index >= 15 is 0 Å². The molecule has 2 rings (SSSR count). The number of aryl methyl sites for hydroxylation is 1. The van der Waals surface area contributed by atoms with Crippen LogP contribution in [-0.2, 0) is 6.42 Å². The van der Waals surface area contributed by atoms with E-state index in [2.05, 4.69) is 0 Å². The Morgan fingerprint density at radius 3 is 2.58 bits per heavy atom. The molecule has 1 atom stereocenters. The highest BCUT2D eigenvalue weighted by Gasteiger charge is 2.14. The van der Waals surface area contributed by atoms with E-state index in [4.69, 9.17) is 17.3 Å². The summed E-state index contributed by atoms with van der Waals surface area (Å²) in [6.45, 7) is 1.59. The zero-order valence-corrected chi connectivity index (χ0v) is 11.2. The lowest BCUT2D eigenvalue weighted by atomic mass is 9.97. The molecule has 2 N–H and O–H groups in total. The van der Waals surface area contributed by atoms with Gasteiger partial charge in [-0.3, -0.25) is 0 Å². The Bertz CT molecular complexity index is 599. The quantitative estimate of drug-likeness (QED) is 0.898. The van der Waals surface area contributed by atoms with Crippen LogP contribution in [0, 0.1) is 18.6 Å². The molecule has 0 saturated carbocycles. The molecule has 0 aliphatic rings. The summed E-state index contributed by atoms with van der Waals surface area (Å²) in [7, 11) is 0. The Kier molecular flexibility index (Phi) is 4.17. The lowest BCUT2D eigenvalue weighted by Gasteiger charge is -2.14. The highest BCUT2D eigenvalue weighted by molar-refractivity contribution is 6.30. The molecular formula is C15H14ClF2N. The molecular weight excluding hydrogens is 268 g/mol. The molecule has 0 heterocycles. The number of hydrogen-bond donors (Lipinski definition) is 1. The van der Waals surface area contributed by atoms with Crippen LogP contribution in [0.4, 0.5) is 8.78 Å². The van der Waals surface area contributed by atoms with Gasteiger partial charge in [0.2, 0.25) is 0 Å². The van der Waals surface area contributed by atoms with Gasteiger partial charge in [-0.05, 0) is 42.7 Å². The van der Waals surface area contributed by atoms with Crippen LogP contribution in [-0.4, -0.2) is 0 Å². The van der Waals surface area contributed by atoms with Crippen LogP contribution in [0.2, 0.25) is 5.02 Å². The number of nitrogens with two attached hydrogens (primary N) is 1. The summed E-state index contributed by atoms with van der Waals surface area (Å²) in [5.74, 6) is -1.17. The van der Waals surface area contributed by atoms with Gasteiger partial charge in [-0.15, -0.1) is 0 Å². The zero-order valence-electron chi connectivity index (χ0n) is 10.5.